The number of aliphatic hydroxyl groups excluding tert-OH is 1. The van der Waals surface area contributed by atoms with E-state index < -0.39 is 0 Å². The number of rotatable bonds is 0. The van der Waals surface area contributed by atoms with E-state index in [0.29, 0.717) is 10.8 Å². The van der Waals surface area contributed by atoms with E-state index >= 15 is 0 Å². The Bertz CT molecular complexity index is 455. The predicted octanol–water partition coefficient (Wildman–Crippen LogP) is 5.42. The van der Waals surface area contributed by atoms with Gasteiger partial charge in [0.1, 0.15) is 0 Å². The molecule has 4 fully saturated rings. The summed E-state index contributed by atoms with van der Waals surface area (Å²) >= 11 is 0. The van der Waals surface area contributed by atoms with Crippen molar-refractivity contribution in [1.82, 2.24) is 0 Å². The van der Waals surface area contributed by atoms with Crippen molar-refractivity contribution in [2.75, 3.05) is 0 Å². The van der Waals surface area contributed by atoms with Crippen LogP contribution in [0.25, 0.3) is 0 Å². The quantitative estimate of drug-likeness (QED) is 0.634. The minimum Gasteiger partial charge on any atom is -0.393 e. The van der Waals surface area contributed by atoms with Gasteiger partial charge in [0.15, 0.2) is 0 Å². The standard InChI is InChI=1S/C21H36O/c1-19(2)12-5-6-14-7-8-15-16-9-10-18(22)20(16,3)13-11-17(15)21(14,19)4/h14-18,22H,5-13H2,1-4H3/t14-,15+,16+,17+,18+,20+,21+/m1/s1. The van der Waals surface area contributed by atoms with Gasteiger partial charge in [0, 0.05) is 0 Å². The molecule has 7 atom stereocenters. The Hall–Kier alpha value is -0.0400. The molecule has 4 aliphatic carbocycles. The summed E-state index contributed by atoms with van der Waals surface area (Å²) in [6.07, 6.45) is 12.3. The molecule has 1 nitrogen and oxygen atoms in total. The largest absolute Gasteiger partial charge is 0.393 e. The molecule has 4 rings (SSSR count). The SMILES string of the molecule is CC1(C)CCC[C@@H]2CC[C@H]3[C@@H]4CC[C@H](O)[C@@]4(C)CC[C@@H]3[C@]21C. The van der Waals surface area contributed by atoms with Crippen LogP contribution in [0, 0.1) is 39.9 Å². The Kier molecular flexibility index (Phi) is 3.34. The second kappa shape index (κ2) is 4.74. The summed E-state index contributed by atoms with van der Waals surface area (Å²) in [5.74, 6) is 3.59. The maximum Gasteiger partial charge on any atom is 0.0596 e. The third-order valence-corrected chi connectivity index (χ3v) is 9.67. The smallest absolute Gasteiger partial charge is 0.0596 e. The van der Waals surface area contributed by atoms with Crippen LogP contribution < -0.4 is 0 Å². The molecular weight excluding hydrogens is 268 g/mol. The number of hydrogen-bond acceptors (Lipinski definition) is 1. The van der Waals surface area contributed by atoms with E-state index in [1.165, 1.54) is 51.4 Å². The van der Waals surface area contributed by atoms with Crippen molar-refractivity contribution < 1.29 is 5.11 Å². The summed E-state index contributed by atoms with van der Waals surface area (Å²) in [4.78, 5) is 0. The molecule has 4 saturated carbocycles. The topological polar surface area (TPSA) is 20.2 Å². The third-order valence-electron chi connectivity index (χ3n) is 9.67. The molecule has 0 heterocycles. The van der Waals surface area contributed by atoms with Gasteiger partial charge in [0.25, 0.3) is 0 Å². The molecule has 0 unspecified atom stereocenters. The van der Waals surface area contributed by atoms with Crippen molar-refractivity contribution >= 4 is 0 Å². The van der Waals surface area contributed by atoms with E-state index in [-0.39, 0.29) is 11.5 Å². The highest BCUT2D eigenvalue weighted by Gasteiger charge is 2.63. The Morgan fingerprint density at radius 3 is 2.32 bits per heavy atom. The Morgan fingerprint density at radius 1 is 0.773 bits per heavy atom. The minimum atomic E-state index is -0.0247. The van der Waals surface area contributed by atoms with Crippen molar-refractivity contribution in [1.29, 1.82) is 0 Å². The molecular formula is C21H36O. The molecule has 0 spiro atoms. The third kappa shape index (κ3) is 1.75. The first-order valence-electron chi connectivity index (χ1n) is 9.99. The fraction of sp³-hybridized carbons (Fsp3) is 1.00. The Balaban J connectivity index is 1.70. The van der Waals surface area contributed by atoms with Crippen LogP contribution in [-0.2, 0) is 0 Å². The summed E-state index contributed by atoms with van der Waals surface area (Å²) in [6.45, 7) is 10.2. The highest BCUT2D eigenvalue weighted by molar-refractivity contribution is 5.12. The average molecular weight is 305 g/mol. The summed E-state index contributed by atoms with van der Waals surface area (Å²) in [5, 5.41) is 10.6. The van der Waals surface area contributed by atoms with Gasteiger partial charge in [-0.1, -0.05) is 34.1 Å². The van der Waals surface area contributed by atoms with Crippen molar-refractivity contribution in [2.45, 2.75) is 91.6 Å². The predicted molar refractivity (Wildman–Crippen MR) is 91.5 cm³/mol. The van der Waals surface area contributed by atoms with Gasteiger partial charge in [-0.15, -0.1) is 0 Å². The van der Waals surface area contributed by atoms with Crippen LogP contribution in [0.2, 0.25) is 0 Å². The van der Waals surface area contributed by atoms with Crippen LogP contribution >= 0.6 is 0 Å². The van der Waals surface area contributed by atoms with Gasteiger partial charge < -0.3 is 5.11 Å². The summed E-state index contributed by atoms with van der Waals surface area (Å²) < 4.78 is 0. The molecule has 0 radical (unpaired) electrons. The molecule has 22 heavy (non-hydrogen) atoms. The Labute approximate surface area is 137 Å². The first kappa shape index (κ1) is 15.5. The van der Waals surface area contributed by atoms with E-state index in [1.807, 2.05) is 0 Å². The Morgan fingerprint density at radius 2 is 1.55 bits per heavy atom. The lowest BCUT2D eigenvalue weighted by molar-refractivity contribution is -0.170. The molecule has 0 aromatic heterocycles. The average Bonchev–Trinajstić information content (AvgIpc) is 2.76. The fourth-order valence-electron chi connectivity index (χ4n) is 7.96. The first-order chi connectivity index (χ1) is 10.3. The van der Waals surface area contributed by atoms with E-state index in [9.17, 15) is 5.11 Å². The molecule has 126 valence electrons. The lowest BCUT2D eigenvalue weighted by Crippen LogP contribution is -2.58. The first-order valence-corrected chi connectivity index (χ1v) is 9.99. The highest BCUT2D eigenvalue weighted by Crippen LogP contribution is 2.69. The van der Waals surface area contributed by atoms with Crippen molar-refractivity contribution in [3.63, 3.8) is 0 Å². The monoisotopic (exact) mass is 304 g/mol. The van der Waals surface area contributed by atoms with E-state index in [0.717, 1.165) is 30.1 Å². The molecule has 4 aliphatic rings. The van der Waals surface area contributed by atoms with Crippen LogP contribution in [0.3, 0.4) is 0 Å². The van der Waals surface area contributed by atoms with Crippen molar-refractivity contribution in [3.8, 4) is 0 Å². The second-order valence-corrected chi connectivity index (χ2v) is 10.3. The fourth-order valence-corrected chi connectivity index (χ4v) is 7.96. The van der Waals surface area contributed by atoms with Gasteiger partial charge in [-0.25, -0.2) is 0 Å². The zero-order valence-corrected chi connectivity index (χ0v) is 15.2. The minimum absolute atomic E-state index is 0.0247. The van der Waals surface area contributed by atoms with Crippen LogP contribution in [0.5, 0.6) is 0 Å². The van der Waals surface area contributed by atoms with E-state index in [4.69, 9.17) is 0 Å². The number of hydrogen-bond donors (Lipinski definition) is 1. The molecule has 0 amide bonds. The van der Waals surface area contributed by atoms with Gasteiger partial charge in [0.2, 0.25) is 0 Å². The lowest BCUT2D eigenvalue weighted by Gasteiger charge is -2.65. The zero-order valence-electron chi connectivity index (χ0n) is 15.2. The van der Waals surface area contributed by atoms with Crippen LogP contribution in [0.15, 0.2) is 0 Å². The summed E-state index contributed by atoms with van der Waals surface area (Å²) in [7, 11) is 0. The van der Waals surface area contributed by atoms with Gasteiger partial charge in [-0.2, -0.15) is 0 Å². The number of fused-ring (bicyclic) bond motifs is 5. The molecule has 0 aliphatic heterocycles. The lowest BCUT2D eigenvalue weighted by atomic mass is 9.39. The van der Waals surface area contributed by atoms with Gasteiger partial charge in [0.05, 0.1) is 6.10 Å². The van der Waals surface area contributed by atoms with Crippen LogP contribution in [0.1, 0.15) is 85.5 Å². The second-order valence-electron chi connectivity index (χ2n) is 10.3. The summed E-state index contributed by atoms with van der Waals surface area (Å²) in [5.41, 5.74) is 1.29. The zero-order chi connectivity index (χ0) is 15.8. The van der Waals surface area contributed by atoms with Crippen molar-refractivity contribution in [3.05, 3.63) is 0 Å². The maximum absolute atomic E-state index is 10.6. The van der Waals surface area contributed by atoms with Gasteiger partial charge in [-0.05, 0) is 91.3 Å². The molecule has 1 heteroatoms. The molecule has 0 aromatic rings. The molecule has 0 saturated heterocycles. The highest BCUT2D eigenvalue weighted by atomic mass is 16.3. The van der Waals surface area contributed by atoms with Crippen molar-refractivity contribution in [2.24, 2.45) is 39.9 Å². The van der Waals surface area contributed by atoms with Gasteiger partial charge >= 0.3 is 0 Å². The maximum atomic E-state index is 10.6. The van der Waals surface area contributed by atoms with E-state index in [1.54, 1.807) is 0 Å². The molecule has 0 aromatic carbocycles. The molecule has 0 bridgehead atoms. The normalized spacial score (nSPS) is 56.9. The van der Waals surface area contributed by atoms with Crippen LogP contribution in [-0.4, -0.2) is 11.2 Å². The summed E-state index contributed by atoms with van der Waals surface area (Å²) in [6, 6.07) is 0. The van der Waals surface area contributed by atoms with Crippen LogP contribution in [0.4, 0.5) is 0 Å². The van der Waals surface area contributed by atoms with Gasteiger partial charge in [-0.3, -0.25) is 0 Å². The van der Waals surface area contributed by atoms with E-state index in [2.05, 4.69) is 27.7 Å². The number of aliphatic hydroxyl groups is 1. The molecule has 1 N–H and O–H groups in total.